The molecule has 2 N–H and O–H groups in total. The molecular formula is C21H36O2S. The van der Waals surface area contributed by atoms with E-state index in [1.54, 1.807) is 11.8 Å². The van der Waals surface area contributed by atoms with Crippen molar-refractivity contribution in [1.29, 1.82) is 0 Å². The summed E-state index contributed by atoms with van der Waals surface area (Å²) in [6, 6.07) is 2.09. The van der Waals surface area contributed by atoms with E-state index in [1.807, 2.05) is 0 Å². The summed E-state index contributed by atoms with van der Waals surface area (Å²) < 4.78 is 0. The molecule has 0 aromatic heterocycles. The van der Waals surface area contributed by atoms with Crippen LogP contribution in [-0.4, -0.2) is 16.0 Å². The lowest BCUT2D eigenvalue weighted by Crippen LogP contribution is -2.17. The fraction of sp³-hybridized carbons (Fsp3) is 0.714. The lowest BCUT2D eigenvalue weighted by atomic mass is 9.80. The van der Waals surface area contributed by atoms with E-state index in [2.05, 4.69) is 54.5 Å². The topological polar surface area (TPSA) is 40.5 Å². The molecule has 0 amide bonds. The summed E-state index contributed by atoms with van der Waals surface area (Å²) in [4.78, 5) is 0.850. The second-order valence-corrected chi connectivity index (χ2v) is 9.87. The molecular weight excluding hydrogens is 316 g/mol. The maximum atomic E-state index is 10.7. The summed E-state index contributed by atoms with van der Waals surface area (Å²) in [6.07, 6.45) is 6.21. The van der Waals surface area contributed by atoms with Crippen LogP contribution in [0.3, 0.4) is 0 Å². The zero-order valence-electron chi connectivity index (χ0n) is 16.6. The van der Waals surface area contributed by atoms with Gasteiger partial charge in [0, 0.05) is 5.56 Å². The minimum absolute atomic E-state index is 0.0454. The van der Waals surface area contributed by atoms with Crippen LogP contribution in [-0.2, 0) is 10.8 Å². The Hall–Kier alpha value is -0.830. The third-order valence-corrected chi connectivity index (χ3v) is 5.53. The van der Waals surface area contributed by atoms with Gasteiger partial charge in [-0.1, -0.05) is 74.1 Å². The molecule has 0 bridgehead atoms. The number of unbranched alkanes of at least 4 members (excludes halogenated alkanes) is 4. The second kappa shape index (κ2) is 8.51. The Balaban J connectivity index is 3.08. The van der Waals surface area contributed by atoms with Gasteiger partial charge < -0.3 is 10.2 Å². The summed E-state index contributed by atoms with van der Waals surface area (Å²) in [7, 11) is 0. The number of phenols is 2. The highest BCUT2D eigenvalue weighted by Gasteiger charge is 2.29. The molecule has 1 rings (SSSR count). The standard InChI is InChI=1S/C21H36O2S/c1-8-9-10-11-12-13-24-19-16(21(5,6)7)14-15(20(2,3)4)17(22)18(19)23/h14,22-23H,8-13H2,1-7H3. The first kappa shape index (κ1) is 21.2. The first-order valence-electron chi connectivity index (χ1n) is 9.22. The number of thioether (sulfide) groups is 1. The van der Waals surface area contributed by atoms with Gasteiger partial charge in [0.15, 0.2) is 11.5 Å². The van der Waals surface area contributed by atoms with Crippen molar-refractivity contribution >= 4 is 11.8 Å². The van der Waals surface area contributed by atoms with E-state index in [-0.39, 0.29) is 22.3 Å². The number of aromatic hydroxyl groups is 2. The summed E-state index contributed by atoms with van der Waals surface area (Å²) in [5.74, 6) is 1.09. The molecule has 2 nitrogen and oxygen atoms in total. The Kier molecular flexibility index (Phi) is 7.52. The van der Waals surface area contributed by atoms with Crippen LogP contribution in [0.15, 0.2) is 11.0 Å². The van der Waals surface area contributed by atoms with E-state index in [0.717, 1.165) is 28.2 Å². The molecule has 0 saturated carbocycles. The third kappa shape index (κ3) is 5.61. The van der Waals surface area contributed by atoms with E-state index in [1.165, 1.54) is 25.7 Å². The van der Waals surface area contributed by atoms with Crippen LogP contribution in [0.1, 0.15) is 91.7 Å². The van der Waals surface area contributed by atoms with Gasteiger partial charge in [-0.3, -0.25) is 0 Å². The lowest BCUT2D eigenvalue weighted by Gasteiger charge is -2.29. The van der Waals surface area contributed by atoms with Gasteiger partial charge in [0.2, 0.25) is 0 Å². The monoisotopic (exact) mass is 352 g/mol. The van der Waals surface area contributed by atoms with Crippen molar-refractivity contribution in [3.8, 4) is 11.5 Å². The average molecular weight is 353 g/mol. The summed E-state index contributed by atoms with van der Waals surface area (Å²) in [6.45, 7) is 14.9. The van der Waals surface area contributed by atoms with Crippen molar-refractivity contribution in [2.75, 3.05) is 5.75 Å². The lowest BCUT2D eigenvalue weighted by molar-refractivity contribution is 0.376. The fourth-order valence-electron chi connectivity index (χ4n) is 2.80. The van der Waals surface area contributed by atoms with Gasteiger partial charge in [-0.15, -0.1) is 11.8 Å². The molecule has 3 heteroatoms. The Morgan fingerprint density at radius 1 is 0.792 bits per heavy atom. The molecule has 0 saturated heterocycles. The molecule has 0 aliphatic heterocycles. The van der Waals surface area contributed by atoms with Crippen LogP contribution in [0.5, 0.6) is 11.5 Å². The van der Waals surface area contributed by atoms with E-state index < -0.39 is 0 Å². The molecule has 0 radical (unpaired) electrons. The predicted octanol–water partition coefficient (Wildman–Crippen LogP) is 6.76. The molecule has 0 atom stereocenters. The smallest absolute Gasteiger partial charge is 0.171 e. The van der Waals surface area contributed by atoms with Crippen molar-refractivity contribution in [1.82, 2.24) is 0 Å². The number of phenolic OH excluding ortho intramolecular Hbond substituents is 2. The number of hydrogen-bond donors (Lipinski definition) is 2. The van der Waals surface area contributed by atoms with Gasteiger partial charge >= 0.3 is 0 Å². The van der Waals surface area contributed by atoms with Crippen LogP contribution in [0.25, 0.3) is 0 Å². The molecule has 0 aliphatic rings. The number of benzene rings is 1. The molecule has 0 fully saturated rings. The highest BCUT2D eigenvalue weighted by molar-refractivity contribution is 7.99. The molecule has 0 unspecified atom stereocenters. The van der Waals surface area contributed by atoms with Crippen LogP contribution in [0, 0.1) is 0 Å². The fourth-order valence-corrected chi connectivity index (χ4v) is 4.10. The maximum absolute atomic E-state index is 10.7. The van der Waals surface area contributed by atoms with Crippen LogP contribution < -0.4 is 0 Å². The number of rotatable bonds is 7. The Labute approximate surface area is 153 Å². The minimum Gasteiger partial charge on any atom is -0.504 e. The molecule has 138 valence electrons. The highest BCUT2D eigenvalue weighted by Crippen LogP contribution is 2.48. The van der Waals surface area contributed by atoms with Crippen molar-refractivity contribution in [3.05, 3.63) is 17.2 Å². The van der Waals surface area contributed by atoms with Crippen molar-refractivity contribution in [2.24, 2.45) is 0 Å². The van der Waals surface area contributed by atoms with Crippen molar-refractivity contribution in [3.63, 3.8) is 0 Å². The summed E-state index contributed by atoms with van der Waals surface area (Å²) in [5, 5.41) is 21.2. The normalized spacial score (nSPS) is 12.6. The molecule has 0 aliphatic carbocycles. The number of hydrogen-bond acceptors (Lipinski definition) is 3. The average Bonchev–Trinajstić information content (AvgIpc) is 2.44. The van der Waals surface area contributed by atoms with Gasteiger partial charge in [0.25, 0.3) is 0 Å². The van der Waals surface area contributed by atoms with E-state index >= 15 is 0 Å². The van der Waals surface area contributed by atoms with Gasteiger partial charge in [-0.25, -0.2) is 0 Å². The van der Waals surface area contributed by atoms with Gasteiger partial charge in [0.1, 0.15) is 0 Å². The third-order valence-electron chi connectivity index (χ3n) is 4.34. The Morgan fingerprint density at radius 2 is 1.33 bits per heavy atom. The highest BCUT2D eigenvalue weighted by atomic mass is 32.2. The van der Waals surface area contributed by atoms with E-state index in [9.17, 15) is 10.2 Å². The molecule has 0 heterocycles. The van der Waals surface area contributed by atoms with Gasteiger partial charge in [0.05, 0.1) is 4.90 Å². The quantitative estimate of drug-likeness (QED) is 0.324. The first-order chi connectivity index (χ1) is 11.0. The largest absolute Gasteiger partial charge is 0.504 e. The SMILES string of the molecule is CCCCCCCSc1c(C(C)(C)C)cc(C(C)(C)C)c(O)c1O. The Bertz CT molecular complexity index is 536. The Morgan fingerprint density at radius 3 is 1.83 bits per heavy atom. The molecule has 24 heavy (non-hydrogen) atoms. The van der Waals surface area contributed by atoms with E-state index in [4.69, 9.17) is 0 Å². The molecule has 1 aromatic carbocycles. The summed E-state index contributed by atoms with van der Waals surface area (Å²) >= 11 is 1.68. The van der Waals surface area contributed by atoms with Crippen LogP contribution >= 0.6 is 11.8 Å². The van der Waals surface area contributed by atoms with Crippen LogP contribution in [0.4, 0.5) is 0 Å². The molecule has 0 spiro atoms. The van der Waals surface area contributed by atoms with E-state index in [0.29, 0.717) is 0 Å². The van der Waals surface area contributed by atoms with Gasteiger partial charge in [-0.05, 0) is 34.6 Å². The predicted molar refractivity (Wildman–Crippen MR) is 107 cm³/mol. The van der Waals surface area contributed by atoms with Crippen molar-refractivity contribution < 1.29 is 10.2 Å². The minimum atomic E-state index is -0.203. The van der Waals surface area contributed by atoms with Crippen LogP contribution in [0.2, 0.25) is 0 Å². The summed E-state index contributed by atoms with van der Waals surface area (Å²) in [5.41, 5.74) is 1.67. The molecule has 1 aromatic rings. The first-order valence-corrected chi connectivity index (χ1v) is 10.2. The zero-order chi connectivity index (χ0) is 18.5. The second-order valence-electron chi connectivity index (χ2n) is 8.76. The zero-order valence-corrected chi connectivity index (χ0v) is 17.4. The maximum Gasteiger partial charge on any atom is 0.171 e. The van der Waals surface area contributed by atoms with Gasteiger partial charge in [-0.2, -0.15) is 0 Å². The van der Waals surface area contributed by atoms with Crippen molar-refractivity contribution in [2.45, 2.75) is 96.3 Å².